The van der Waals surface area contributed by atoms with Gasteiger partial charge in [-0.05, 0) is 55.5 Å². The molecule has 8 heteroatoms. The Balaban J connectivity index is 1.46. The molecular weight excluding hydrogens is 358 g/mol. The maximum absolute atomic E-state index is 13.0. The Kier molecular flexibility index (Phi) is 4.64. The van der Waals surface area contributed by atoms with E-state index in [4.69, 9.17) is 0 Å². The van der Waals surface area contributed by atoms with Crippen LogP contribution in [-0.4, -0.2) is 62.3 Å². The second-order valence-electron chi connectivity index (χ2n) is 7.46. The van der Waals surface area contributed by atoms with Gasteiger partial charge in [-0.3, -0.25) is 4.79 Å². The molecule has 6 nitrogen and oxygen atoms in total. The van der Waals surface area contributed by atoms with Gasteiger partial charge in [0.15, 0.2) is 0 Å². The lowest BCUT2D eigenvalue weighted by Crippen LogP contribution is -2.51. The number of hydrogen-bond donors (Lipinski definition) is 1. The van der Waals surface area contributed by atoms with Crippen LogP contribution in [0.2, 0.25) is 0 Å². The number of rotatable bonds is 3. The molecule has 1 atom stereocenters. The van der Waals surface area contributed by atoms with Crippen LogP contribution in [0, 0.1) is 5.41 Å². The number of hydrogen-bond acceptors (Lipinski definition) is 5. The van der Waals surface area contributed by atoms with Crippen molar-refractivity contribution < 1.29 is 13.2 Å². The van der Waals surface area contributed by atoms with Crippen molar-refractivity contribution in [1.29, 1.82) is 0 Å². The highest BCUT2D eigenvalue weighted by atomic mass is 32.2. The third kappa shape index (κ3) is 3.13. The van der Waals surface area contributed by atoms with Gasteiger partial charge in [-0.1, -0.05) is 6.07 Å². The van der Waals surface area contributed by atoms with Gasteiger partial charge in [0.1, 0.15) is 10.3 Å². The average molecular weight is 384 g/mol. The van der Waals surface area contributed by atoms with Crippen LogP contribution in [0.5, 0.6) is 0 Å². The SMILES string of the molecule is O=C(C1CCCN1S(=O)(=O)c1cccs1)N1CCC2(CCNC2)CC1. The predicted octanol–water partition coefficient (Wildman–Crippen LogP) is 1.50. The summed E-state index contributed by atoms with van der Waals surface area (Å²) in [5.74, 6) is -0.00145. The fraction of sp³-hybridized carbons (Fsp3) is 0.706. The summed E-state index contributed by atoms with van der Waals surface area (Å²) in [6.07, 6.45) is 4.62. The molecule has 3 aliphatic rings. The van der Waals surface area contributed by atoms with E-state index in [2.05, 4.69) is 5.32 Å². The zero-order valence-electron chi connectivity index (χ0n) is 14.3. The van der Waals surface area contributed by atoms with Gasteiger partial charge in [0.2, 0.25) is 5.91 Å². The number of likely N-dealkylation sites (tertiary alicyclic amines) is 1. The molecule has 0 aliphatic carbocycles. The summed E-state index contributed by atoms with van der Waals surface area (Å²) in [7, 11) is -3.56. The highest BCUT2D eigenvalue weighted by Crippen LogP contribution is 2.38. The Hall–Kier alpha value is -0.960. The van der Waals surface area contributed by atoms with Crippen LogP contribution in [0.25, 0.3) is 0 Å². The standard InChI is InChI=1S/C17H25N3O3S2/c21-16(19-10-6-17(7-11-19)5-8-18-13-17)14-3-1-9-20(14)25(22,23)15-4-2-12-24-15/h2,4,12,14,18H,1,3,5-11,13H2. The number of carbonyl (C=O) groups is 1. The summed E-state index contributed by atoms with van der Waals surface area (Å²) >= 11 is 1.22. The summed E-state index contributed by atoms with van der Waals surface area (Å²) in [4.78, 5) is 14.9. The highest BCUT2D eigenvalue weighted by molar-refractivity contribution is 7.91. The first-order valence-corrected chi connectivity index (χ1v) is 11.4. The summed E-state index contributed by atoms with van der Waals surface area (Å²) in [5.41, 5.74) is 0.356. The number of nitrogens with one attached hydrogen (secondary N) is 1. The number of sulfonamides is 1. The van der Waals surface area contributed by atoms with Crippen molar-refractivity contribution in [2.75, 3.05) is 32.7 Å². The summed E-state index contributed by atoms with van der Waals surface area (Å²) < 4.78 is 27.5. The number of carbonyl (C=O) groups excluding carboxylic acids is 1. The van der Waals surface area contributed by atoms with Gasteiger partial charge in [0.25, 0.3) is 10.0 Å². The van der Waals surface area contributed by atoms with Gasteiger partial charge in [-0.15, -0.1) is 11.3 Å². The topological polar surface area (TPSA) is 69.7 Å². The second-order valence-corrected chi connectivity index (χ2v) is 10.5. The van der Waals surface area contributed by atoms with E-state index in [0.29, 0.717) is 22.6 Å². The number of nitrogens with zero attached hydrogens (tertiary/aromatic N) is 2. The molecule has 0 saturated carbocycles. The lowest BCUT2D eigenvalue weighted by molar-refractivity contribution is -0.136. The average Bonchev–Trinajstić information content (AvgIpc) is 3.36. The first kappa shape index (κ1) is 17.5. The Bertz CT molecular complexity index is 716. The molecule has 4 heterocycles. The quantitative estimate of drug-likeness (QED) is 0.859. The maximum atomic E-state index is 13.0. The normalized spacial score (nSPS) is 27.2. The molecule has 3 aliphatic heterocycles. The second kappa shape index (κ2) is 6.64. The molecule has 1 amide bonds. The van der Waals surface area contributed by atoms with Gasteiger partial charge >= 0.3 is 0 Å². The summed E-state index contributed by atoms with van der Waals surface area (Å²) in [6, 6.07) is 2.84. The van der Waals surface area contributed by atoms with Crippen LogP contribution >= 0.6 is 11.3 Å². The number of thiophene rings is 1. The van der Waals surface area contributed by atoms with Crippen LogP contribution in [0.3, 0.4) is 0 Å². The van der Waals surface area contributed by atoms with Crippen LogP contribution in [-0.2, 0) is 14.8 Å². The van der Waals surface area contributed by atoms with Crippen LogP contribution in [0.15, 0.2) is 21.7 Å². The fourth-order valence-electron chi connectivity index (χ4n) is 4.43. The van der Waals surface area contributed by atoms with Crippen molar-refractivity contribution in [3.63, 3.8) is 0 Å². The Morgan fingerprint density at radius 2 is 2.04 bits per heavy atom. The first-order valence-electron chi connectivity index (χ1n) is 9.07. The monoisotopic (exact) mass is 383 g/mol. The lowest BCUT2D eigenvalue weighted by atomic mass is 9.78. The molecule has 1 unspecified atom stereocenters. The van der Waals surface area contributed by atoms with E-state index in [1.165, 1.54) is 22.1 Å². The zero-order valence-corrected chi connectivity index (χ0v) is 15.9. The minimum absolute atomic E-state index is 0.00145. The fourth-order valence-corrected chi connectivity index (χ4v) is 7.21. The van der Waals surface area contributed by atoms with E-state index >= 15 is 0 Å². The molecule has 3 fully saturated rings. The van der Waals surface area contributed by atoms with E-state index < -0.39 is 16.1 Å². The van der Waals surface area contributed by atoms with Gasteiger partial charge in [-0.2, -0.15) is 4.31 Å². The maximum Gasteiger partial charge on any atom is 0.253 e. The van der Waals surface area contributed by atoms with Gasteiger partial charge in [-0.25, -0.2) is 8.42 Å². The van der Waals surface area contributed by atoms with Gasteiger partial charge < -0.3 is 10.2 Å². The predicted molar refractivity (Wildman–Crippen MR) is 97.0 cm³/mol. The molecular formula is C17H25N3O3S2. The molecule has 0 radical (unpaired) electrons. The van der Waals surface area contributed by atoms with Crippen molar-refractivity contribution in [3.8, 4) is 0 Å². The molecule has 138 valence electrons. The summed E-state index contributed by atoms with van der Waals surface area (Å²) in [5, 5.41) is 5.20. The van der Waals surface area contributed by atoms with Gasteiger partial charge in [0.05, 0.1) is 0 Å². The number of piperidine rings is 1. The van der Waals surface area contributed by atoms with Gasteiger partial charge in [0, 0.05) is 26.2 Å². The lowest BCUT2D eigenvalue weighted by Gasteiger charge is -2.40. The van der Waals surface area contributed by atoms with Crippen molar-refractivity contribution in [1.82, 2.24) is 14.5 Å². The smallest absolute Gasteiger partial charge is 0.253 e. The molecule has 1 spiro atoms. The largest absolute Gasteiger partial charge is 0.341 e. The minimum atomic E-state index is -3.56. The molecule has 1 aromatic heterocycles. The Morgan fingerprint density at radius 3 is 2.68 bits per heavy atom. The number of amides is 1. The Morgan fingerprint density at radius 1 is 1.24 bits per heavy atom. The molecule has 0 bridgehead atoms. The molecule has 25 heavy (non-hydrogen) atoms. The van der Waals surface area contributed by atoms with Crippen molar-refractivity contribution in [2.45, 2.75) is 42.4 Å². The van der Waals surface area contributed by atoms with E-state index in [0.717, 1.165) is 45.4 Å². The van der Waals surface area contributed by atoms with Crippen LogP contribution < -0.4 is 5.32 Å². The highest BCUT2D eigenvalue weighted by Gasteiger charge is 2.44. The van der Waals surface area contributed by atoms with Crippen molar-refractivity contribution >= 4 is 27.3 Å². The molecule has 0 aromatic carbocycles. The van der Waals surface area contributed by atoms with E-state index in [-0.39, 0.29) is 5.91 Å². The molecule has 4 rings (SSSR count). The molecule has 1 aromatic rings. The first-order chi connectivity index (χ1) is 12.0. The third-order valence-corrected chi connectivity index (χ3v) is 9.30. The van der Waals surface area contributed by atoms with E-state index in [1.807, 2.05) is 4.90 Å². The van der Waals surface area contributed by atoms with E-state index in [9.17, 15) is 13.2 Å². The van der Waals surface area contributed by atoms with Crippen LogP contribution in [0.1, 0.15) is 32.1 Å². The van der Waals surface area contributed by atoms with E-state index in [1.54, 1.807) is 17.5 Å². The zero-order chi connectivity index (χ0) is 17.5. The third-order valence-electron chi connectivity index (χ3n) is 6.01. The minimum Gasteiger partial charge on any atom is -0.341 e. The molecule has 3 saturated heterocycles. The Labute approximate surface area is 153 Å². The van der Waals surface area contributed by atoms with Crippen molar-refractivity contribution in [2.24, 2.45) is 5.41 Å². The summed E-state index contributed by atoms with van der Waals surface area (Å²) in [6.45, 7) is 4.08. The van der Waals surface area contributed by atoms with Crippen molar-refractivity contribution in [3.05, 3.63) is 17.5 Å². The molecule has 1 N–H and O–H groups in total. The van der Waals surface area contributed by atoms with Crippen LogP contribution in [0.4, 0.5) is 0 Å².